The van der Waals surface area contributed by atoms with Gasteiger partial charge in [-0.25, -0.2) is 0 Å². The van der Waals surface area contributed by atoms with E-state index in [1.54, 1.807) is 18.2 Å². The number of hydrogen-bond donors (Lipinski definition) is 2. The molecule has 0 fully saturated rings. The van der Waals surface area contributed by atoms with Crippen LogP contribution in [0.4, 0.5) is 11.4 Å². The highest BCUT2D eigenvalue weighted by Gasteiger charge is 2.09. The molecule has 0 spiro atoms. The molecule has 94 valence electrons. The van der Waals surface area contributed by atoms with Crippen LogP contribution in [0.5, 0.6) is 5.75 Å². The number of benzene rings is 1. The van der Waals surface area contributed by atoms with Crippen LogP contribution in [0.25, 0.3) is 0 Å². The Hall–Kier alpha value is -2.50. The average Bonchev–Trinajstić information content (AvgIpc) is 2.81. The van der Waals surface area contributed by atoms with E-state index in [4.69, 9.17) is 10.5 Å². The molecule has 0 atom stereocenters. The molecule has 0 bridgehead atoms. The highest BCUT2D eigenvalue weighted by atomic mass is 16.5. The average molecular weight is 247 g/mol. The number of ether oxygens (including phenoxy) is 1. The maximum absolute atomic E-state index is 11.9. The van der Waals surface area contributed by atoms with Gasteiger partial charge in [0.15, 0.2) is 0 Å². The SMILES string of the molecule is CCOc1cc(N)cc(C(=O)Nc2cnoc2)c1. The summed E-state index contributed by atoms with van der Waals surface area (Å²) in [5.41, 5.74) is 7.08. The Kier molecular flexibility index (Phi) is 3.47. The zero-order chi connectivity index (χ0) is 13.0. The van der Waals surface area contributed by atoms with E-state index in [-0.39, 0.29) is 5.91 Å². The third kappa shape index (κ3) is 2.79. The number of rotatable bonds is 4. The van der Waals surface area contributed by atoms with Gasteiger partial charge < -0.3 is 20.3 Å². The van der Waals surface area contributed by atoms with Crippen LogP contribution in [-0.2, 0) is 0 Å². The molecule has 6 nitrogen and oxygen atoms in total. The Morgan fingerprint density at radius 1 is 1.50 bits per heavy atom. The standard InChI is InChI=1S/C12H13N3O3/c1-2-17-11-4-8(3-9(13)5-11)12(16)15-10-6-14-18-7-10/h3-7H,2,13H2,1H3,(H,15,16). The molecule has 1 aromatic heterocycles. The molecule has 0 radical (unpaired) electrons. The van der Waals surface area contributed by atoms with Gasteiger partial charge in [0, 0.05) is 17.3 Å². The van der Waals surface area contributed by atoms with E-state index in [0.717, 1.165) is 0 Å². The van der Waals surface area contributed by atoms with E-state index in [9.17, 15) is 4.79 Å². The molecule has 1 heterocycles. The number of nitrogens with zero attached hydrogens (tertiary/aromatic N) is 1. The summed E-state index contributed by atoms with van der Waals surface area (Å²) in [6, 6.07) is 4.87. The maximum Gasteiger partial charge on any atom is 0.256 e. The van der Waals surface area contributed by atoms with Crippen LogP contribution in [0, 0.1) is 0 Å². The molecule has 0 saturated carbocycles. The molecule has 0 saturated heterocycles. The Labute approximate surface area is 104 Å². The summed E-state index contributed by atoms with van der Waals surface area (Å²) in [4.78, 5) is 11.9. The molecule has 0 unspecified atom stereocenters. The maximum atomic E-state index is 11.9. The molecular formula is C12H13N3O3. The van der Waals surface area contributed by atoms with Gasteiger partial charge in [0.1, 0.15) is 17.7 Å². The molecule has 3 N–H and O–H groups in total. The van der Waals surface area contributed by atoms with Crippen LogP contribution in [-0.4, -0.2) is 17.7 Å². The Bertz CT molecular complexity index is 538. The summed E-state index contributed by atoms with van der Waals surface area (Å²) >= 11 is 0. The first-order valence-corrected chi connectivity index (χ1v) is 5.43. The lowest BCUT2D eigenvalue weighted by atomic mass is 10.1. The number of amides is 1. The number of carbonyl (C=O) groups excluding carboxylic acids is 1. The molecule has 2 aromatic rings. The van der Waals surface area contributed by atoms with Gasteiger partial charge in [-0.3, -0.25) is 4.79 Å². The second kappa shape index (κ2) is 5.22. The summed E-state index contributed by atoms with van der Waals surface area (Å²) in [5.74, 6) is 0.263. The second-order valence-electron chi connectivity index (χ2n) is 3.59. The van der Waals surface area contributed by atoms with E-state index >= 15 is 0 Å². The molecule has 0 aliphatic carbocycles. The normalized spacial score (nSPS) is 10.1. The van der Waals surface area contributed by atoms with E-state index in [1.807, 2.05) is 6.92 Å². The Balaban J connectivity index is 2.19. The molecule has 1 amide bonds. The van der Waals surface area contributed by atoms with Crippen LogP contribution in [0.1, 0.15) is 17.3 Å². The van der Waals surface area contributed by atoms with Crippen molar-refractivity contribution < 1.29 is 14.1 Å². The fourth-order valence-electron chi connectivity index (χ4n) is 1.47. The van der Waals surface area contributed by atoms with E-state index in [0.29, 0.717) is 29.3 Å². The highest BCUT2D eigenvalue weighted by Crippen LogP contribution is 2.20. The quantitative estimate of drug-likeness (QED) is 0.805. The third-order valence-electron chi connectivity index (χ3n) is 2.19. The number of hydrogen-bond acceptors (Lipinski definition) is 5. The fourth-order valence-corrected chi connectivity index (χ4v) is 1.47. The minimum atomic E-state index is -0.300. The summed E-state index contributed by atoms with van der Waals surface area (Å²) in [7, 11) is 0. The summed E-state index contributed by atoms with van der Waals surface area (Å²) in [6.07, 6.45) is 2.75. The van der Waals surface area contributed by atoms with Gasteiger partial charge in [-0.15, -0.1) is 0 Å². The zero-order valence-electron chi connectivity index (χ0n) is 9.84. The van der Waals surface area contributed by atoms with Crippen molar-refractivity contribution in [2.75, 3.05) is 17.7 Å². The number of nitrogens with two attached hydrogens (primary N) is 1. The number of anilines is 2. The molecule has 2 rings (SSSR count). The van der Waals surface area contributed by atoms with E-state index < -0.39 is 0 Å². The van der Waals surface area contributed by atoms with Crippen molar-refractivity contribution in [2.24, 2.45) is 0 Å². The minimum absolute atomic E-state index is 0.300. The zero-order valence-corrected chi connectivity index (χ0v) is 9.84. The summed E-state index contributed by atoms with van der Waals surface area (Å²) < 4.78 is 9.95. The second-order valence-corrected chi connectivity index (χ2v) is 3.59. The molecule has 18 heavy (non-hydrogen) atoms. The van der Waals surface area contributed by atoms with Crippen LogP contribution in [0.2, 0.25) is 0 Å². The Morgan fingerprint density at radius 3 is 3.00 bits per heavy atom. The van der Waals surface area contributed by atoms with Crippen molar-refractivity contribution in [3.63, 3.8) is 0 Å². The number of nitrogens with one attached hydrogen (secondary N) is 1. The molecule has 0 aliphatic heterocycles. The van der Waals surface area contributed by atoms with Crippen LogP contribution >= 0.6 is 0 Å². The van der Waals surface area contributed by atoms with Crippen molar-refractivity contribution in [3.05, 3.63) is 36.2 Å². The van der Waals surface area contributed by atoms with E-state index in [1.165, 1.54) is 12.5 Å². The highest BCUT2D eigenvalue weighted by molar-refractivity contribution is 6.04. The summed E-state index contributed by atoms with van der Waals surface area (Å²) in [5, 5.41) is 6.12. The topological polar surface area (TPSA) is 90.4 Å². The van der Waals surface area contributed by atoms with Crippen molar-refractivity contribution in [1.82, 2.24) is 5.16 Å². The van der Waals surface area contributed by atoms with Gasteiger partial charge in [-0.1, -0.05) is 5.16 Å². The number of aromatic nitrogens is 1. The van der Waals surface area contributed by atoms with Gasteiger partial charge in [0.05, 0.1) is 12.8 Å². The van der Waals surface area contributed by atoms with Gasteiger partial charge in [0.25, 0.3) is 5.91 Å². The molecule has 6 heteroatoms. The lowest BCUT2D eigenvalue weighted by Gasteiger charge is -2.07. The largest absolute Gasteiger partial charge is 0.494 e. The fraction of sp³-hybridized carbons (Fsp3) is 0.167. The minimum Gasteiger partial charge on any atom is -0.494 e. The smallest absolute Gasteiger partial charge is 0.256 e. The first kappa shape index (κ1) is 12.0. The first-order valence-electron chi connectivity index (χ1n) is 5.43. The van der Waals surface area contributed by atoms with Gasteiger partial charge >= 0.3 is 0 Å². The van der Waals surface area contributed by atoms with Crippen LogP contribution in [0.3, 0.4) is 0 Å². The van der Waals surface area contributed by atoms with Gasteiger partial charge in [-0.2, -0.15) is 0 Å². The van der Waals surface area contributed by atoms with Crippen LogP contribution in [0.15, 0.2) is 35.2 Å². The monoisotopic (exact) mass is 247 g/mol. The summed E-state index contributed by atoms with van der Waals surface area (Å²) in [6.45, 7) is 2.37. The van der Waals surface area contributed by atoms with E-state index in [2.05, 4.69) is 15.0 Å². The number of carbonyl (C=O) groups is 1. The molecule has 1 aromatic carbocycles. The van der Waals surface area contributed by atoms with Crippen LogP contribution < -0.4 is 15.8 Å². The Morgan fingerprint density at radius 2 is 2.33 bits per heavy atom. The van der Waals surface area contributed by atoms with Crippen molar-refractivity contribution in [3.8, 4) is 5.75 Å². The number of nitrogen functional groups attached to an aromatic ring is 1. The predicted octanol–water partition coefficient (Wildman–Crippen LogP) is 1.91. The van der Waals surface area contributed by atoms with Gasteiger partial charge in [-0.05, 0) is 19.1 Å². The lowest BCUT2D eigenvalue weighted by molar-refractivity contribution is 0.102. The van der Waals surface area contributed by atoms with Crippen molar-refractivity contribution >= 4 is 17.3 Å². The molecule has 0 aliphatic rings. The van der Waals surface area contributed by atoms with Crippen molar-refractivity contribution in [1.29, 1.82) is 0 Å². The molecular weight excluding hydrogens is 234 g/mol. The van der Waals surface area contributed by atoms with Crippen molar-refractivity contribution in [2.45, 2.75) is 6.92 Å². The first-order chi connectivity index (χ1) is 8.69. The van der Waals surface area contributed by atoms with Gasteiger partial charge in [0.2, 0.25) is 0 Å². The third-order valence-corrected chi connectivity index (χ3v) is 2.19. The predicted molar refractivity (Wildman–Crippen MR) is 66.5 cm³/mol. The lowest BCUT2D eigenvalue weighted by Crippen LogP contribution is -2.12.